The first-order valence-corrected chi connectivity index (χ1v) is 17.6. The van der Waals surface area contributed by atoms with E-state index in [2.05, 4.69) is 45.9 Å². The SMILES string of the molecule is O=S(O)OCCCCN1C(=Cc2sc3ccc4ccccc4c3[n+]2CCCS(=O)(=O)O)Oc2ccc(-c3ccccc3)cc21. The molecule has 6 rings (SSSR count). The number of unbranched alkanes of at least 4 members (excludes halogenated alkanes) is 1. The molecule has 0 amide bonds. The average molecular weight is 652 g/mol. The van der Waals surface area contributed by atoms with Crippen molar-refractivity contribution in [3.05, 3.63) is 95.8 Å². The normalized spacial score (nSPS) is 14.8. The summed E-state index contributed by atoms with van der Waals surface area (Å²) >= 11 is -0.713. The van der Waals surface area contributed by atoms with Gasteiger partial charge in [-0.25, -0.2) is 0 Å². The van der Waals surface area contributed by atoms with Crippen LogP contribution in [0.1, 0.15) is 24.3 Å². The minimum absolute atomic E-state index is 0.158. The summed E-state index contributed by atoms with van der Waals surface area (Å²) in [6, 6.07) is 28.4. The van der Waals surface area contributed by atoms with Crippen LogP contribution >= 0.6 is 11.3 Å². The maximum atomic E-state index is 11.6. The molecule has 228 valence electrons. The summed E-state index contributed by atoms with van der Waals surface area (Å²) in [6.45, 7) is 1.12. The van der Waals surface area contributed by atoms with Crippen LogP contribution < -0.4 is 14.2 Å². The molecule has 1 aliphatic rings. The van der Waals surface area contributed by atoms with Crippen molar-refractivity contribution in [2.75, 3.05) is 23.8 Å². The second kappa shape index (κ2) is 13.1. The van der Waals surface area contributed by atoms with Crippen molar-refractivity contribution >= 4 is 65.6 Å². The van der Waals surface area contributed by atoms with E-state index in [1.54, 1.807) is 11.3 Å². The third-order valence-electron chi connectivity index (χ3n) is 7.44. The lowest BCUT2D eigenvalue weighted by Crippen LogP contribution is -2.36. The summed E-state index contributed by atoms with van der Waals surface area (Å²) in [7, 11) is -4.10. The van der Waals surface area contributed by atoms with E-state index in [4.69, 9.17) is 13.5 Å². The van der Waals surface area contributed by atoms with Crippen LogP contribution in [-0.4, -0.2) is 40.6 Å². The molecule has 0 fully saturated rings. The highest BCUT2D eigenvalue weighted by atomic mass is 32.2. The van der Waals surface area contributed by atoms with Gasteiger partial charge in [0, 0.05) is 13.0 Å². The third-order valence-corrected chi connectivity index (χ3v) is 9.71. The molecule has 9 nitrogen and oxygen atoms in total. The van der Waals surface area contributed by atoms with Gasteiger partial charge in [0.05, 0.1) is 29.5 Å². The highest BCUT2D eigenvalue weighted by molar-refractivity contribution is 7.85. The van der Waals surface area contributed by atoms with Gasteiger partial charge in [-0.2, -0.15) is 17.2 Å². The smallest absolute Gasteiger partial charge is 0.301 e. The zero-order chi connectivity index (χ0) is 30.7. The van der Waals surface area contributed by atoms with Crippen LogP contribution in [0.25, 0.3) is 38.2 Å². The van der Waals surface area contributed by atoms with Crippen molar-refractivity contribution in [1.29, 1.82) is 0 Å². The first-order chi connectivity index (χ1) is 21.3. The van der Waals surface area contributed by atoms with E-state index >= 15 is 0 Å². The molecule has 0 radical (unpaired) electrons. The Balaban J connectivity index is 1.41. The minimum Gasteiger partial charge on any atom is -0.438 e. The van der Waals surface area contributed by atoms with E-state index in [-0.39, 0.29) is 18.8 Å². The Morgan fingerprint density at radius 1 is 0.955 bits per heavy atom. The summed E-state index contributed by atoms with van der Waals surface area (Å²) < 4.78 is 66.8. The van der Waals surface area contributed by atoms with Gasteiger partial charge in [-0.3, -0.25) is 13.3 Å². The number of fused-ring (bicyclic) bond motifs is 4. The van der Waals surface area contributed by atoms with Crippen LogP contribution in [0.4, 0.5) is 5.69 Å². The lowest BCUT2D eigenvalue weighted by molar-refractivity contribution is -0.667. The molecule has 1 aliphatic heterocycles. The van der Waals surface area contributed by atoms with Crippen molar-refractivity contribution in [1.82, 2.24) is 0 Å². The van der Waals surface area contributed by atoms with Gasteiger partial charge < -0.3 is 9.64 Å². The molecular formula is C32H31N2O7S3+. The number of aryl methyl sites for hydroxylation is 1. The molecular weight excluding hydrogens is 621 g/mol. The topological polar surface area (TPSA) is 117 Å². The number of rotatable bonds is 12. The number of anilines is 1. The van der Waals surface area contributed by atoms with Crippen molar-refractivity contribution in [2.45, 2.75) is 25.8 Å². The molecule has 1 aromatic heterocycles. The van der Waals surface area contributed by atoms with Gasteiger partial charge >= 0.3 is 11.4 Å². The second-order valence-electron chi connectivity index (χ2n) is 10.4. The average Bonchev–Trinajstić information content (AvgIpc) is 3.53. The number of benzene rings is 4. The number of nitrogens with zero attached hydrogens (tertiary/aromatic N) is 2. The molecule has 0 bridgehead atoms. The zero-order valence-electron chi connectivity index (χ0n) is 23.7. The first kappa shape index (κ1) is 30.4. The number of aromatic nitrogens is 1. The molecule has 4 aromatic carbocycles. The zero-order valence-corrected chi connectivity index (χ0v) is 26.1. The molecule has 0 saturated carbocycles. The quantitative estimate of drug-likeness (QED) is 0.0688. The number of hydrogen-bond donors (Lipinski definition) is 2. The number of hydrogen-bond acceptors (Lipinski definition) is 7. The van der Waals surface area contributed by atoms with Crippen LogP contribution in [0.3, 0.4) is 0 Å². The largest absolute Gasteiger partial charge is 0.438 e. The highest BCUT2D eigenvalue weighted by Crippen LogP contribution is 2.42. The van der Waals surface area contributed by atoms with Crippen LogP contribution in [-0.2, 0) is 32.2 Å². The fraction of sp³-hybridized carbons (Fsp3) is 0.219. The molecule has 2 heterocycles. The Kier molecular flexibility index (Phi) is 9.08. The highest BCUT2D eigenvalue weighted by Gasteiger charge is 2.30. The van der Waals surface area contributed by atoms with Gasteiger partial charge in [0.2, 0.25) is 11.4 Å². The van der Waals surface area contributed by atoms with Gasteiger partial charge in [0.15, 0.2) is 12.3 Å². The Morgan fingerprint density at radius 3 is 2.55 bits per heavy atom. The fourth-order valence-electron chi connectivity index (χ4n) is 5.47. The van der Waals surface area contributed by atoms with Gasteiger partial charge in [0.1, 0.15) is 4.70 Å². The maximum Gasteiger partial charge on any atom is 0.301 e. The summed E-state index contributed by atoms with van der Waals surface area (Å²) in [5.41, 5.74) is 4.04. The summed E-state index contributed by atoms with van der Waals surface area (Å²) in [6.07, 6.45) is 3.48. The fourth-order valence-corrected chi connectivity index (χ4v) is 7.35. The molecule has 0 aliphatic carbocycles. The van der Waals surface area contributed by atoms with Gasteiger partial charge in [-0.15, -0.1) is 0 Å². The predicted octanol–water partition coefficient (Wildman–Crippen LogP) is 6.42. The van der Waals surface area contributed by atoms with Gasteiger partial charge in [-0.1, -0.05) is 72.0 Å². The van der Waals surface area contributed by atoms with Gasteiger partial charge in [0.25, 0.3) is 15.1 Å². The summed E-state index contributed by atoms with van der Waals surface area (Å²) in [5.74, 6) is 0.999. The standard InChI is InChI=1S/C32H30N2O7S3/c35-43(36)40-19-7-6-17-33-27-21-25(23-9-2-1-3-10-23)13-15-28(27)41-30(33)22-31-34(18-8-20-44(37,38)39)32-26-12-5-4-11-24(26)14-16-29(32)42-31/h1-5,9-16,21-22H,6-8,17-20H2,(H-,35,36,37,38,39)/p+1. The molecule has 0 spiro atoms. The van der Waals surface area contributed by atoms with E-state index < -0.39 is 21.5 Å². The third kappa shape index (κ3) is 6.85. The van der Waals surface area contributed by atoms with E-state index in [0.717, 1.165) is 42.8 Å². The molecule has 1 unspecified atom stereocenters. The van der Waals surface area contributed by atoms with E-state index in [1.807, 2.05) is 54.6 Å². The maximum absolute atomic E-state index is 11.6. The van der Waals surface area contributed by atoms with Crippen LogP contribution in [0.5, 0.6) is 5.75 Å². The number of ether oxygens (including phenoxy) is 1. The Hall–Kier alpha value is -3.65. The predicted molar refractivity (Wildman–Crippen MR) is 174 cm³/mol. The summed E-state index contributed by atoms with van der Waals surface area (Å²) in [5, 5.41) is 3.01. The van der Waals surface area contributed by atoms with Crippen molar-refractivity contribution < 1.29 is 35.2 Å². The second-order valence-corrected chi connectivity index (χ2v) is 13.7. The Bertz CT molecular complexity index is 1970. The first-order valence-electron chi connectivity index (χ1n) is 14.2. The Labute approximate surface area is 262 Å². The lowest BCUT2D eigenvalue weighted by atomic mass is 10.0. The minimum atomic E-state index is -4.10. The molecule has 2 N–H and O–H groups in total. The molecule has 44 heavy (non-hydrogen) atoms. The van der Waals surface area contributed by atoms with Crippen LogP contribution in [0.2, 0.25) is 0 Å². The molecule has 0 saturated heterocycles. The molecule has 1 atom stereocenters. The number of thiazole rings is 1. The monoisotopic (exact) mass is 651 g/mol. The lowest BCUT2D eigenvalue weighted by Gasteiger charge is -2.18. The van der Waals surface area contributed by atoms with Crippen LogP contribution in [0, 0.1) is 0 Å². The van der Waals surface area contributed by atoms with Crippen molar-refractivity contribution in [3.63, 3.8) is 0 Å². The van der Waals surface area contributed by atoms with Crippen molar-refractivity contribution in [2.24, 2.45) is 0 Å². The summed E-state index contributed by atoms with van der Waals surface area (Å²) in [4.78, 5) is 2.10. The van der Waals surface area contributed by atoms with E-state index in [0.29, 0.717) is 37.6 Å². The molecule has 12 heteroatoms. The van der Waals surface area contributed by atoms with Crippen LogP contribution in [0.15, 0.2) is 90.8 Å². The Morgan fingerprint density at radius 2 is 1.75 bits per heavy atom. The van der Waals surface area contributed by atoms with Crippen molar-refractivity contribution in [3.8, 4) is 16.9 Å². The van der Waals surface area contributed by atoms with E-state index in [9.17, 15) is 17.2 Å². The molecule has 5 aromatic rings. The van der Waals surface area contributed by atoms with E-state index in [1.165, 1.54) is 0 Å². The van der Waals surface area contributed by atoms with Gasteiger partial charge in [-0.05, 0) is 53.6 Å².